The molecule has 0 aliphatic rings. The molecule has 0 amide bonds. The first kappa shape index (κ1) is 21.4. The van der Waals surface area contributed by atoms with E-state index in [1.165, 1.54) is 31.5 Å². The van der Waals surface area contributed by atoms with E-state index in [1.807, 2.05) is 0 Å². The predicted molar refractivity (Wildman–Crippen MR) is 96.3 cm³/mol. The minimum atomic E-state index is -3.13. The molecule has 128 valence electrons. The van der Waals surface area contributed by atoms with E-state index in [1.54, 1.807) is 0 Å². The summed E-state index contributed by atoms with van der Waals surface area (Å²) in [5, 5.41) is 0. The van der Waals surface area contributed by atoms with E-state index in [2.05, 4.69) is 44.7 Å². The van der Waals surface area contributed by atoms with Gasteiger partial charge in [-0.05, 0) is 25.7 Å². The molecule has 0 bridgehead atoms. The standard InChI is InChI=1S/C18H33O3P/c1-4-7-9-11-13-15-17-20-22(19,6-3)21-18-16-14-12-10-8-5-2/h6,11-14H,3-5,7-10,15-18H2,1-2H3/b13-11-,14-12-. The lowest BCUT2D eigenvalue weighted by molar-refractivity contribution is 0.218. The molecule has 0 aliphatic heterocycles. The van der Waals surface area contributed by atoms with Crippen molar-refractivity contribution in [2.75, 3.05) is 13.2 Å². The Kier molecular flexibility index (Phi) is 14.8. The van der Waals surface area contributed by atoms with Crippen LogP contribution in [0, 0.1) is 0 Å². The molecule has 22 heavy (non-hydrogen) atoms. The summed E-state index contributed by atoms with van der Waals surface area (Å²) in [6, 6.07) is 0. The van der Waals surface area contributed by atoms with E-state index in [-0.39, 0.29) is 0 Å². The molecule has 0 atom stereocenters. The summed E-state index contributed by atoms with van der Waals surface area (Å²) in [6.07, 6.45) is 16.9. The number of hydrogen-bond acceptors (Lipinski definition) is 3. The Bertz CT molecular complexity index is 333. The van der Waals surface area contributed by atoms with Crippen molar-refractivity contribution in [2.24, 2.45) is 0 Å². The highest BCUT2D eigenvalue weighted by Gasteiger charge is 2.18. The molecule has 0 aliphatic carbocycles. The maximum atomic E-state index is 12.2. The van der Waals surface area contributed by atoms with E-state index in [4.69, 9.17) is 9.05 Å². The molecule has 0 saturated heterocycles. The minimum Gasteiger partial charge on any atom is -0.305 e. The summed E-state index contributed by atoms with van der Waals surface area (Å²) in [5.41, 5.74) is 0. The second-order valence-electron chi connectivity index (χ2n) is 5.19. The van der Waals surface area contributed by atoms with Crippen molar-refractivity contribution >= 4 is 7.60 Å². The van der Waals surface area contributed by atoms with Gasteiger partial charge in [0.2, 0.25) is 0 Å². The van der Waals surface area contributed by atoms with Gasteiger partial charge >= 0.3 is 7.60 Å². The SMILES string of the molecule is C=CP(=O)(OCC/C=C\CCCC)OCC/C=C\CCCC. The molecule has 0 fully saturated rings. The third-order valence-corrected chi connectivity index (χ3v) is 4.65. The average molecular weight is 328 g/mol. The lowest BCUT2D eigenvalue weighted by Crippen LogP contribution is -1.96. The maximum Gasteiger partial charge on any atom is 0.353 e. The van der Waals surface area contributed by atoms with Crippen LogP contribution in [0.3, 0.4) is 0 Å². The molecule has 0 aromatic rings. The highest BCUT2D eigenvalue weighted by molar-refractivity contribution is 7.57. The van der Waals surface area contributed by atoms with Crippen LogP contribution in [-0.4, -0.2) is 13.2 Å². The van der Waals surface area contributed by atoms with Gasteiger partial charge in [-0.3, -0.25) is 4.57 Å². The molecule has 0 radical (unpaired) electrons. The van der Waals surface area contributed by atoms with Gasteiger partial charge in [0.05, 0.1) is 13.2 Å². The van der Waals surface area contributed by atoms with Crippen molar-refractivity contribution in [3.05, 3.63) is 36.7 Å². The van der Waals surface area contributed by atoms with Gasteiger partial charge in [0.25, 0.3) is 0 Å². The molecule has 0 saturated carbocycles. The van der Waals surface area contributed by atoms with E-state index in [9.17, 15) is 4.57 Å². The minimum absolute atomic E-state index is 0.401. The smallest absolute Gasteiger partial charge is 0.305 e. The number of hydrogen-bond donors (Lipinski definition) is 0. The van der Waals surface area contributed by atoms with Gasteiger partial charge in [-0.1, -0.05) is 70.4 Å². The van der Waals surface area contributed by atoms with Crippen LogP contribution >= 0.6 is 7.60 Å². The molecule has 0 heterocycles. The van der Waals surface area contributed by atoms with E-state index in [0.29, 0.717) is 13.2 Å². The Morgan fingerprint density at radius 1 is 0.818 bits per heavy atom. The summed E-state index contributed by atoms with van der Waals surface area (Å²) in [5.74, 6) is 1.30. The Hall–Kier alpha value is -0.630. The Morgan fingerprint density at radius 2 is 1.23 bits per heavy atom. The van der Waals surface area contributed by atoms with Crippen LogP contribution in [0.2, 0.25) is 0 Å². The van der Waals surface area contributed by atoms with Crippen LogP contribution < -0.4 is 0 Å². The van der Waals surface area contributed by atoms with Crippen LogP contribution in [0.4, 0.5) is 0 Å². The normalized spacial score (nSPS) is 12.5. The van der Waals surface area contributed by atoms with Crippen LogP contribution in [-0.2, 0) is 13.6 Å². The molecular formula is C18H33O3P. The third kappa shape index (κ3) is 13.1. The zero-order valence-corrected chi connectivity index (χ0v) is 15.2. The van der Waals surface area contributed by atoms with Crippen LogP contribution in [0.25, 0.3) is 0 Å². The third-order valence-electron chi connectivity index (χ3n) is 3.12. The second-order valence-corrected chi connectivity index (χ2v) is 7.15. The van der Waals surface area contributed by atoms with Crippen LogP contribution in [0.5, 0.6) is 0 Å². The Morgan fingerprint density at radius 3 is 1.59 bits per heavy atom. The lowest BCUT2D eigenvalue weighted by Gasteiger charge is -2.13. The molecule has 0 aromatic carbocycles. The van der Waals surface area contributed by atoms with Crippen molar-refractivity contribution in [1.29, 1.82) is 0 Å². The van der Waals surface area contributed by atoms with Gasteiger partial charge in [-0.25, -0.2) is 0 Å². The summed E-state index contributed by atoms with van der Waals surface area (Å²) in [4.78, 5) is 0. The summed E-state index contributed by atoms with van der Waals surface area (Å²) < 4.78 is 23.0. The molecule has 0 rings (SSSR count). The fraction of sp³-hybridized carbons (Fsp3) is 0.667. The van der Waals surface area contributed by atoms with Crippen molar-refractivity contribution < 1.29 is 13.6 Å². The summed E-state index contributed by atoms with van der Waals surface area (Å²) in [7, 11) is -3.13. The number of rotatable bonds is 15. The zero-order valence-electron chi connectivity index (χ0n) is 14.3. The van der Waals surface area contributed by atoms with Gasteiger partial charge in [-0.15, -0.1) is 0 Å². The van der Waals surface area contributed by atoms with Gasteiger partial charge in [-0.2, -0.15) is 0 Å². The Labute approximate surface area is 137 Å². The lowest BCUT2D eigenvalue weighted by atomic mass is 10.2. The molecular weight excluding hydrogens is 295 g/mol. The first-order valence-corrected chi connectivity index (χ1v) is 10.1. The van der Waals surface area contributed by atoms with Crippen molar-refractivity contribution in [3.8, 4) is 0 Å². The molecule has 0 N–H and O–H groups in total. The van der Waals surface area contributed by atoms with E-state index in [0.717, 1.165) is 25.7 Å². The maximum absolute atomic E-state index is 12.2. The number of unbranched alkanes of at least 4 members (excludes halogenated alkanes) is 4. The predicted octanol–water partition coefficient (Wildman–Crippen LogP) is 6.63. The fourth-order valence-corrected chi connectivity index (χ4v) is 2.76. The first-order chi connectivity index (χ1) is 10.7. The summed E-state index contributed by atoms with van der Waals surface area (Å²) >= 11 is 0. The first-order valence-electron chi connectivity index (χ1n) is 8.51. The van der Waals surface area contributed by atoms with Gasteiger partial charge in [0, 0.05) is 5.82 Å². The molecule has 0 aromatic heterocycles. The monoisotopic (exact) mass is 328 g/mol. The number of allylic oxidation sites excluding steroid dienone is 2. The van der Waals surface area contributed by atoms with Gasteiger partial charge < -0.3 is 9.05 Å². The van der Waals surface area contributed by atoms with Crippen LogP contribution in [0.1, 0.15) is 65.2 Å². The quantitative estimate of drug-likeness (QED) is 0.192. The molecule has 0 unspecified atom stereocenters. The van der Waals surface area contributed by atoms with E-state index >= 15 is 0 Å². The van der Waals surface area contributed by atoms with Gasteiger partial charge in [0.1, 0.15) is 0 Å². The topological polar surface area (TPSA) is 35.5 Å². The Balaban J connectivity index is 3.80. The average Bonchev–Trinajstić information content (AvgIpc) is 2.53. The van der Waals surface area contributed by atoms with Crippen LogP contribution in [0.15, 0.2) is 36.7 Å². The summed E-state index contributed by atoms with van der Waals surface area (Å²) in [6.45, 7) is 8.71. The highest BCUT2D eigenvalue weighted by atomic mass is 31.2. The fourth-order valence-electron chi connectivity index (χ4n) is 1.75. The molecule has 4 heteroatoms. The molecule has 0 spiro atoms. The highest BCUT2D eigenvalue weighted by Crippen LogP contribution is 2.49. The molecule has 3 nitrogen and oxygen atoms in total. The van der Waals surface area contributed by atoms with E-state index < -0.39 is 7.60 Å². The van der Waals surface area contributed by atoms with Crippen molar-refractivity contribution in [2.45, 2.75) is 65.2 Å². The van der Waals surface area contributed by atoms with Gasteiger partial charge in [0.15, 0.2) is 0 Å². The largest absolute Gasteiger partial charge is 0.353 e. The zero-order chi connectivity index (χ0) is 16.5. The second kappa shape index (κ2) is 15.3. The van der Waals surface area contributed by atoms with Crippen molar-refractivity contribution in [1.82, 2.24) is 0 Å². The van der Waals surface area contributed by atoms with Crippen molar-refractivity contribution in [3.63, 3.8) is 0 Å².